The van der Waals surface area contributed by atoms with Gasteiger partial charge in [0.15, 0.2) is 0 Å². The Kier molecular flexibility index (Phi) is 6.49. The lowest BCUT2D eigenvalue weighted by atomic mass is 10.1. The molecule has 2 aromatic carbocycles. The predicted molar refractivity (Wildman–Crippen MR) is 99.1 cm³/mol. The number of halogens is 2. The lowest BCUT2D eigenvalue weighted by Gasteiger charge is -2.21. The zero-order valence-corrected chi connectivity index (χ0v) is 15.3. The second-order valence-electron chi connectivity index (χ2n) is 5.47. The number of anilines is 1. The maximum Gasteiger partial charge on any atom is 0.241 e. The summed E-state index contributed by atoms with van der Waals surface area (Å²) in [5.74, 6) is 0.461. The summed E-state index contributed by atoms with van der Waals surface area (Å²) in [4.78, 5) is 12.4. The second-order valence-corrected chi connectivity index (χ2v) is 6.31. The molecule has 0 spiro atoms. The van der Waals surface area contributed by atoms with E-state index in [1.165, 1.54) is 0 Å². The van der Waals surface area contributed by atoms with Crippen molar-refractivity contribution in [3.63, 3.8) is 0 Å². The number of hydrogen-bond donors (Lipinski definition) is 2. The fourth-order valence-corrected chi connectivity index (χ4v) is 2.95. The molecule has 128 valence electrons. The molecular weight excluding hydrogens is 347 g/mol. The number of benzene rings is 2. The van der Waals surface area contributed by atoms with Gasteiger partial charge in [0.1, 0.15) is 5.75 Å². The van der Waals surface area contributed by atoms with Gasteiger partial charge in [-0.25, -0.2) is 0 Å². The third kappa shape index (κ3) is 4.63. The normalized spacial score (nSPS) is 13.2. The molecular formula is C18H20Cl2N2O2. The van der Waals surface area contributed by atoms with Crippen molar-refractivity contribution in [3.05, 3.63) is 58.1 Å². The topological polar surface area (TPSA) is 50.4 Å². The highest BCUT2D eigenvalue weighted by Gasteiger charge is 2.19. The summed E-state index contributed by atoms with van der Waals surface area (Å²) in [7, 11) is 1.57. The maximum atomic E-state index is 12.4. The molecule has 0 saturated heterocycles. The van der Waals surface area contributed by atoms with E-state index in [-0.39, 0.29) is 11.9 Å². The molecule has 0 aliphatic heterocycles. The molecule has 4 nitrogen and oxygen atoms in total. The summed E-state index contributed by atoms with van der Waals surface area (Å²) in [6.07, 6.45) is 0. The quantitative estimate of drug-likeness (QED) is 0.780. The number of amides is 1. The van der Waals surface area contributed by atoms with Crippen molar-refractivity contribution in [1.82, 2.24) is 5.32 Å². The average Bonchev–Trinajstić information content (AvgIpc) is 2.55. The van der Waals surface area contributed by atoms with Crippen LogP contribution in [0.3, 0.4) is 0 Å². The van der Waals surface area contributed by atoms with Crippen LogP contribution < -0.4 is 15.4 Å². The van der Waals surface area contributed by atoms with Crippen molar-refractivity contribution >= 4 is 34.8 Å². The highest BCUT2D eigenvalue weighted by Crippen LogP contribution is 2.27. The number of rotatable bonds is 6. The third-order valence-corrected chi connectivity index (χ3v) is 4.25. The van der Waals surface area contributed by atoms with E-state index >= 15 is 0 Å². The van der Waals surface area contributed by atoms with Gasteiger partial charge in [0.25, 0.3) is 0 Å². The van der Waals surface area contributed by atoms with Crippen molar-refractivity contribution in [1.29, 1.82) is 0 Å². The molecule has 0 aliphatic carbocycles. The number of methoxy groups -OCH3 is 1. The van der Waals surface area contributed by atoms with E-state index in [1.807, 2.05) is 25.1 Å². The van der Waals surface area contributed by atoms with Gasteiger partial charge in [0, 0.05) is 16.1 Å². The molecule has 2 rings (SSSR count). The van der Waals surface area contributed by atoms with Crippen molar-refractivity contribution in [3.8, 4) is 5.75 Å². The van der Waals surface area contributed by atoms with Gasteiger partial charge in [-0.1, -0.05) is 41.4 Å². The molecule has 1 amide bonds. The Morgan fingerprint density at radius 3 is 2.50 bits per heavy atom. The van der Waals surface area contributed by atoms with Crippen LogP contribution >= 0.6 is 23.2 Å². The standard InChI is InChI=1S/C18H20Cl2N2O2/c1-11(14-9-8-13(19)10-15(14)20)21-12(2)18(23)22-16-6-4-5-7-17(16)24-3/h4-12,21H,1-3H3,(H,22,23)/t11-,12+/m1/s1. The molecule has 0 unspecified atom stereocenters. The summed E-state index contributed by atoms with van der Waals surface area (Å²) in [5, 5.41) is 7.25. The Balaban J connectivity index is 2.03. The first-order valence-electron chi connectivity index (χ1n) is 7.57. The molecule has 2 N–H and O–H groups in total. The molecule has 2 atom stereocenters. The fraction of sp³-hybridized carbons (Fsp3) is 0.278. The monoisotopic (exact) mass is 366 g/mol. The van der Waals surface area contributed by atoms with Crippen molar-refractivity contribution in [2.24, 2.45) is 0 Å². The number of ether oxygens (including phenoxy) is 1. The van der Waals surface area contributed by atoms with Gasteiger partial charge in [0.2, 0.25) is 5.91 Å². The number of hydrogen-bond acceptors (Lipinski definition) is 3. The molecule has 0 aromatic heterocycles. The smallest absolute Gasteiger partial charge is 0.241 e. The predicted octanol–water partition coefficient (Wildman–Crippen LogP) is 4.68. The van der Waals surface area contributed by atoms with Gasteiger partial charge in [-0.15, -0.1) is 0 Å². The Morgan fingerprint density at radius 2 is 1.83 bits per heavy atom. The fourth-order valence-electron chi connectivity index (χ4n) is 2.38. The Labute approximate surface area is 152 Å². The van der Waals surface area contributed by atoms with Gasteiger partial charge in [-0.2, -0.15) is 0 Å². The van der Waals surface area contributed by atoms with Crippen LogP contribution in [-0.4, -0.2) is 19.1 Å². The third-order valence-electron chi connectivity index (χ3n) is 3.69. The first kappa shape index (κ1) is 18.6. The highest BCUT2D eigenvalue weighted by molar-refractivity contribution is 6.35. The second kappa shape index (κ2) is 8.38. The minimum atomic E-state index is -0.420. The Hall–Kier alpha value is -1.75. The Morgan fingerprint density at radius 1 is 1.12 bits per heavy atom. The van der Waals surface area contributed by atoms with E-state index in [0.29, 0.717) is 21.5 Å². The molecule has 0 radical (unpaired) electrons. The number of carbonyl (C=O) groups is 1. The lowest BCUT2D eigenvalue weighted by molar-refractivity contribution is -0.117. The van der Waals surface area contributed by atoms with Gasteiger partial charge in [-0.3, -0.25) is 10.1 Å². The van der Waals surface area contributed by atoms with E-state index in [4.69, 9.17) is 27.9 Å². The lowest BCUT2D eigenvalue weighted by Crippen LogP contribution is -2.39. The molecule has 24 heavy (non-hydrogen) atoms. The van der Waals surface area contributed by atoms with E-state index in [9.17, 15) is 4.79 Å². The first-order valence-corrected chi connectivity index (χ1v) is 8.33. The minimum Gasteiger partial charge on any atom is -0.495 e. The Bertz CT molecular complexity index is 722. The number of para-hydroxylation sites is 2. The maximum absolute atomic E-state index is 12.4. The molecule has 2 aromatic rings. The van der Waals surface area contributed by atoms with Gasteiger partial charge >= 0.3 is 0 Å². The van der Waals surface area contributed by atoms with Gasteiger partial charge < -0.3 is 10.1 Å². The summed E-state index contributed by atoms with van der Waals surface area (Å²) in [6.45, 7) is 3.74. The van der Waals surface area contributed by atoms with Crippen LogP contribution in [0.4, 0.5) is 5.69 Å². The van der Waals surface area contributed by atoms with Gasteiger partial charge in [-0.05, 0) is 43.7 Å². The van der Waals surface area contributed by atoms with Crippen LogP contribution in [-0.2, 0) is 4.79 Å². The number of nitrogens with one attached hydrogen (secondary N) is 2. The van der Waals surface area contributed by atoms with E-state index in [0.717, 1.165) is 5.56 Å². The summed E-state index contributed by atoms with van der Waals surface area (Å²) < 4.78 is 5.24. The van der Waals surface area contributed by atoms with Crippen LogP contribution in [0.25, 0.3) is 0 Å². The van der Waals surface area contributed by atoms with Crippen LogP contribution in [0.2, 0.25) is 10.0 Å². The molecule has 0 fully saturated rings. The molecule has 0 aliphatic rings. The zero-order valence-electron chi connectivity index (χ0n) is 13.8. The van der Waals surface area contributed by atoms with Crippen molar-refractivity contribution in [2.45, 2.75) is 25.9 Å². The molecule has 0 saturated carbocycles. The van der Waals surface area contributed by atoms with Crippen molar-refractivity contribution < 1.29 is 9.53 Å². The highest BCUT2D eigenvalue weighted by atomic mass is 35.5. The van der Waals surface area contributed by atoms with E-state index in [1.54, 1.807) is 38.3 Å². The van der Waals surface area contributed by atoms with Crippen LogP contribution in [0.15, 0.2) is 42.5 Å². The molecule has 0 bridgehead atoms. The van der Waals surface area contributed by atoms with Crippen LogP contribution in [0.5, 0.6) is 5.75 Å². The first-order chi connectivity index (χ1) is 11.4. The average molecular weight is 367 g/mol. The number of carbonyl (C=O) groups excluding carboxylic acids is 1. The SMILES string of the molecule is COc1ccccc1NC(=O)[C@H](C)N[C@H](C)c1ccc(Cl)cc1Cl. The van der Waals surface area contributed by atoms with Crippen molar-refractivity contribution in [2.75, 3.05) is 12.4 Å². The zero-order chi connectivity index (χ0) is 17.7. The van der Waals surface area contributed by atoms with E-state index < -0.39 is 6.04 Å². The largest absolute Gasteiger partial charge is 0.495 e. The summed E-state index contributed by atoms with van der Waals surface area (Å²) in [6, 6.07) is 12.1. The summed E-state index contributed by atoms with van der Waals surface area (Å²) in [5.41, 5.74) is 1.52. The van der Waals surface area contributed by atoms with E-state index in [2.05, 4.69) is 10.6 Å². The minimum absolute atomic E-state index is 0.104. The summed E-state index contributed by atoms with van der Waals surface area (Å²) >= 11 is 12.1. The molecule has 6 heteroatoms. The van der Waals surface area contributed by atoms with Gasteiger partial charge in [0.05, 0.1) is 18.8 Å². The van der Waals surface area contributed by atoms with Crippen LogP contribution in [0, 0.1) is 0 Å². The van der Waals surface area contributed by atoms with Crippen LogP contribution in [0.1, 0.15) is 25.5 Å². The molecule has 0 heterocycles.